The van der Waals surface area contributed by atoms with Gasteiger partial charge < -0.3 is 15.3 Å². The normalized spacial score (nSPS) is 12.1. The molecular weight excluding hydrogens is 989 g/mol. The molecule has 0 saturated carbocycles. The minimum Gasteiger partial charge on any atom is -0.657 e. The van der Waals surface area contributed by atoms with Crippen LogP contribution in [-0.4, -0.2) is 14.5 Å². The zero-order chi connectivity index (χ0) is 37.1. The summed E-state index contributed by atoms with van der Waals surface area (Å²) in [6.07, 6.45) is 6.21. The number of aromatic nitrogens is 4. The summed E-state index contributed by atoms with van der Waals surface area (Å²) < 4.78 is 6.22. The molecule has 0 fully saturated rings. The van der Waals surface area contributed by atoms with E-state index < -0.39 is 0 Å². The smallest absolute Gasteiger partial charge is 0.0933 e. The Kier molecular flexibility index (Phi) is 10.5. The third kappa shape index (κ3) is 7.04. The van der Waals surface area contributed by atoms with Crippen molar-refractivity contribution in [2.45, 2.75) is 0 Å². The summed E-state index contributed by atoms with van der Waals surface area (Å²) in [5.74, 6) is 0. The van der Waals surface area contributed by atoms with E-state index in [1.54, 1.807) is 0 Å². The summed E-state index contributed by atoms with van der Waals surface area (Å²) in [4.78, 5) is 16.1. The molecule has 8 bridgehead atoms. The fraction of sp³-hybridized carbons (Fsp3) is 0.0222. The van der Waals surface area contributed by atoms with Crippen LogP contribution in [0.5, 0.6) is 0 Å². The first kappa shape index (κ1) is 37.6. The van der Waals surface area contributed by atoms with E-state index in [1.165, 1.54) is 0 Å². The van der Waals surface area contributed by atoms with Crippen LogP contribution in [0.25, 0.3) is 90.5 Å². The number of nitrogens with zero attached hydrogens (tertiary/aromatic N) is 4. The topological polar surface area (TPSA) is 70.8 Å². The van der Waals surface area contributed by atoms with Gasteiger partial charge in [0.15, 0.2) is 0 Å². The SMILES string of the molecule is Cn1c2ccc1c(-c1ccc(Br)cc1)c1nc(c(-c3ccc(Br)cc3)c3ccc([n-]3)c(-c3ccc(Br)cc3)c3nc(c2-c2ccc(Br)cc2)C=C3)C(N)=C1.[Ni]. The van der Waals surface area contributed by atoms with Crippen molar-refractivity contribution in [2.75, 3.05) is 0 Å². The van der Waals surface area contributed by atoms with Crippen LogP contribution in [-0.2, 0) is 23.5 Å². The molecule has 9 rings (SSSR count). The Hall–Kier alpha value is -4.31. The molecule has 10 heteroatoms. The molecule has 2 aliphatic rings. The van der Waals surface area contributed by atoms with Crippen molar-refractivity contribution in [1.82, 2.24) is 19.5 Å². The van der Waals surface area contributed by atoms with Gasteiger partial charge >= 0.3 is 0 Å². The minimum absolute atomic E-state index is 0. The van der Waals surface area contributed by atoms with Gasteiger partial charge in [-0.3, -0.25) is 0 Å². The van der Waals surface area contributed by atoms with Crippen LogP contribution in [0.2, 0.25) is 0 Å². The molecule has 0 spiro atoms. The molecule has 272 valence electrons. The Bertz CT molecular complexity index is 2860. The Labute approximate surface area is 361 Å². The molecule has 4 aromatic carbocycles. The van der Waals surface area contributed by atoms with Crippen LogP contribution in [0, 0.1) is 0 Å². The van der Waals surface area contributed by atoms with Gasteiger partial charge in [0.25, 0.3) is 0 Å². The van der Waals surface area contributed by atoms with E-state index in [9.17, 15) is 0 Å². The quantitative estimate of drug-likeness (QED) is 0.178. The molecule has 0 amide bonds. The van der Waals surface area contributed by atoms with Crippen molar-refractivity contribution in [3.63, 3.8) is 0 Å². The van der Waals surface area contributed by atoms with Crippen molar-refractivity contribution in [3.05, 3.63) is 162 Å². The summed E-state index contributed by atoms with van der Waals surface area (Å²) in [5.41, 5.74) is 22.1. The summed E-state index contributed by atoms with van der Waals surface area (Å²) >= 11 is 14.5. The van der Waals surface area contributed by atoms with E-state index >= 15 is 0 Å². The minimum atomic E-state index is 0. The van der Waals surface area contributed by atoms with E-state index in [0.717, 1.165) is 102 Å². The van der Waals surface area contributed by atoms with Crippen LogP contribution in [0.3, 0.4) is 0 Å². The van der Waals surface area contributed by atoms with Gasteiger partial charge in [-0.2, -0.15) is 0 Å². The van der Waals surface area contributed by atoms with E-state index in [4.69, 9.17) is 20.7 Å². The van der Waals surface area contributed by atoms with Crippen LogP contribution in [0.1, 0.15) is 22.8 Å². The summed E-state index contributed by atoms with van der Waals surface area (Å²) in [7, 11) is 2.11. The standard InChI is InChI=1S/C45H28Br4N5.Ni/c1-54-39-22-23-40(54)43(27-6-14-31(48)15-7-27)38-24-33(50)45(53-38)44(28-8-16-32(49)17-9-28)37-21-19-35(52-37)41(25-2-10-29(46)11-3-25)34-18-20-36(51-34)42(39)26-4-12-30(47)13-5-26;/h2-24H,50H2,1H3;/q-1;. The molecule has 2 N–H and O–H groups in total. The number of hydrogen-bond donors (Lipinski definition) is 1. The van der Waals surface area contributed by atoms with Crippen molar-refractivity contribution in [2.24, 2.45) is 12.8 Å². The number of fused-ring (bicyclic) bond motifs is 8. The van der Waals surface area contributed by atoms with Gasteiger partial charge in [0.05, 0.1) is 39.5 Å². The third-order valence-electron chi connectivity index (χ3n) is 9.76. The average molecular weight is 1020 g/mol. The molecule has 3 aromatic heterocycles. The zero-order valence-corrected chi connectivity index (χ0v) is 36.3. The molecule has 5 nitrogen and oxygen atoms in total. The number of benzene rings is 4. The molecule has 0 radical (unpaired) electrons. The van der Waals surface area contributed by atoms with E-state index in [2.05, 4.69) is 197 Å². The first-order valence-electron chi connectivity index (χ1n) is 17.1. The summed E-state index contributed by atoms with van der Waals surface area (Å²) in [5, 5.41) is 0. The fourth-order valence-electron chi connectivity index (χ4n) is 7.21. The van der Waals surface area contributed by atoms with Gasteiger partial charge in [0, 0.05) is 52.6 Å². The number of aryl methyl sites for hydroxylation is 1. The Morgan fingerprint density at radius 2 is 0.855 bits per heavy atom. The van der Waals surface area contributed by atoms with Crippen LogP contribution in [0.15, 0.2) is 139 Å². The van der Waals surface area contributed by atoms with Gasteiger partial charge in [0.2, 0.25) is 0 Å². The second kappa shape index (κ2) is 15.3. The van der Waals surface area contributed by atoms with Crippen LogP contribution < -0.4 is 10.7 Å². The van der Waals surface area contributed by atoms with Crippen molar-refractivity contribution in [1.29, 1.82) is 0 Å². The second-order valence-electron chi connectivity index (χ2n) is 13.1. The van der Waals surface area contributed by atoms with E-state index in [1.807, 2.05) is 18.2 Å². The van der Waals surface area contributed by atoms with Gasteiger partial charge in [-0.05, 0) is 112 Å². The Balaban J connectivity index is 0.00000427. The van der Waals surface area contributed by atoms with Gasteiger partial charge in [-0.15, -0.1) is 11.0 Å². The molecule has 0 saturated heterocycles. The Morgan fingerprint density at radius 3 is 1.33 bits per heavy atom. The largest absolute Gasteiger partial charge is 0.657 e. The molecule has 0 aliphatic carbocycles. The molecular formula is C45H28Br4N5Ni-. The van der Waals surface area contributed by atoms with E-state index in [-0.39, 0.29) is 16.5 Å². The zero-order valence-electron chi connectivity index (χ0n) is 29.0. The van der Waals surface area contributed by atoms with Gasteiger partial charge in [-0.1, -0.05) is 124 Å². The van der Waals surface area contributed by atoms with Gasteiger partial charge in [-0.25, -0.2) is 9.97 Å². The molecule has 5 heterocycles. The van der Waals surface area contributed by atoms with Crippen molar-refractivity contribution < 1.29 is 16.5 Å². The number of rotatable bonds is 4. The Morgan fingerprint density at radius 1 is 0.473 bits per heavy atom. The maximum atomic E-state index is 7.00. The number of nitrogens with two attached hydrogens (primary N) is 1. The molecule has 0 unspecified atom stereocenters. The number of hydrogen-bond acceptors (Lipinski definition) is 3. The predicted molar refractivity (Wildman–Crippen MR) is 238 cm³/mol. The van der Waals surface area contributed by atoms with Crippen molar-refractivity contribution in [3.8, 4) is 44.5 Å². The van der Waals surface area contributed by atoms with E-state index in [0.29, 0.717) is 11.4 Å². The number of halogens is 4. The molecule has 2 aliphatic heterocycles. The third-order valence-corrected chi connectivity index (χ3v) is 11.9. The summed E-state index contributed by atoms with van der Waals surface area (Å²) in [6, 6.07) is 41.7. The molecule has 7 aromatic rings. The molecule has 0 atom stereocenters. The maximum absolute atomic E-state index is 7.00. The van der Waals surface area contributed by atoms with Crippen molar-refractivity contribution >= 4 is 110 Å². The predicted octanol–water partition coefficient (Wildman–Crippen LogP) is 13.3. The molecule has 55 heavy (non-hydrogen) atoms. The van der Waals surface area contributed by atoms with Crippen LogP contribution in [0.4, 0.5) is 0 Å². The average Bonchev–Trinajstić information content (AvgIpc) is 3.99. The fourth-order valence-corrected chi connectivity index (χ4v) is 8.27. The maximum Gasteiger partial charge on any atom is 0.0933 e. The second-order valence-corrected chi connectivity index (χ2v) is 16.7. The summed E-state index contributed by atoms with van der Waals surface area (Å²) in [6.45, 7) is 0. The van der Waals surface area contributed by atoms with Gasteiger partial charge in [0.1, 0.15) is 0 Å². The monoisotopic (exact) mass is 1010 g/mol. The van der Waals surface area contributed by atoms with Crippen LogP contribution >= 0.6 is 63.7 Å². The first-order valence-corrected chi connectivity index (χ1v) is 20.3. The first-order chi connectivity index (χ1) is 26.2.